The molecule has 0 bridgehead atoms. The number of ether oxygens (including phenoxy) is 1. The molecule has 6 heteroatoms. The number of hydrogen-bond donors (Lipinski definition) is 2. The van der Waals surface area contributed by atoms with E-state index in [0.29, 0.717) is 11.6 Å². The van der Waals surface area contributed by atoms with Crippen molar-refractivity contribution >= 4 is 29.2 Å². The van der Waals surface area contributed by atoms with Crippen molar-refractivity contribution in [3.05, 3.63) is 64.7 Å². The first-order valence-corrected chi connectivity index (χ1v) is 8.35. The molecular formula is C19H21ClN2O3. The van der Waals surface area contributed by atoms with Crippen LogP contribution in [0.25, 0.3) is 0 Å². The molecule has 0 saturated heterocycles. The Hall–Kier alpha value is -2.53. The Morgan fingerprint density at radius 1 is 1.16 bits per heavy atom. The van der Waals surface area contributed by atoms with Crippen LogP contribution < -0.4 is 11.1 Å². The lowest BCUT2D eigenvalue weighted by atomic mass is 10.0. The first-order chi connectivity index (χ1) is 11.9. The van der Waals surface area contributed by atoms with E-state index in [1.807, 2.05) is 37.3 Å². The van der Waals surface area contributed by atoms with E-state index in [0.717, 1.165) is 5.56 Å². The largest absolute Gasteiger partial charge is 0.449 e. The summed E-state index contributed by atoms with van der Waals surface area (Å²) in [5.41, 5.74) is 7.33. The molecule has 0 saturated carbocycles. The van der Waals surface area contributed by atoms with Crippen LogP contribution in [0.2, 0.25) is 5.02 Å². The molecule has 2 aromatic rings. The van der Waals surface area contributed by atoms with Crippen molar-refractivity contribution < 1.29 is 14.3 Å². The molecule has 0 heterocycles. The number of nitrogens with two attached hydrogens (primary N) is 1. The molecule has 1 amide bonds. The van der Waals surface area contributed by atoms with E-state index in [-0.39, 0.29) is 23.1 Å². The number of carbonyl (C=O) groups is 2. The van der Waals surface area contributed by atoms with Gasteiger partial charge in [-0.15, -0.1) is 0 Å². The van der Waals surface area contributed by atoms with Crippen molar-refractivity contribution in [2.45, 2.75) is 25.9 Å². The maximum atomic E-state index is 12.1. The summed E-state index contributed by atoms with van der Waals surface area (Å²) in [7, 11) is 0. The molecule has 2 atom stereocenters. The van der Waals surface area contributed by atoms with Gasteiger partial charge in [0.1, 0.15) is 0 Å². The van der Waals surface area contributed by atoms with Crippen LogP contribution in [0, 0.1) is 0 Å². The van der Waals surface area contributed by atoms with Gasteiger partial charge in [-0.05, 0) is 36.6 Å². The number of amides is 1. The number of rotatable bonds is 6. The van der Waals surface area contributed by atoms with E-state index in [9.17, 15) is 9.59 Å². The minimum absolute atomic E-state index is 0.157. The zero-order valence-electron chi connectivity index (χ0n) is 14.2. The summed E-state index contributed by atoms with van der Waals surface area (Å²) in [6.07, 6.45) is -0.910. The smallest absolute Gasteiger partial charge is 0.338 e. The quantitative estimate of drug-likeness (QED) is 0.611. The fourth-order valence-corrected chi connectivity index (χ4v) is 2.37. The molecule has 0 aliphatic heterocycles. The van der Waals surface area contributed by atoms with Crippen LogP contribution in [0.15, 0.2) is 48.5 Å². The van der Waals surface area contributed by atoms with Crippen molar-refractivity contribution in [1.29, 1.82) is 0 Å². The maximum Gasteiger partial charge on any atom is 0.338 e. The molecule has 0 spiro atoms. The normalized spacial score (nSPS) is 12.9. The van der Waals surface area contributed by atoms with Crippen LogP contribution in [0.5, 0.6) is 0 Å². The lowest BCUT2D eigenvalue weighted by molar-refractivity contribution is -0.129. The van der Waals surface area contributed by atoms with E-state index in [2.05, 4.69) is 5.32 Å². The zero-order valence-corrected chi connectivity index (χ0v) is 14.9. The number of carbonyl (C=O) groups excluding carboxylic acids is 2. The van der Waals surface area contributed by atoms with Crippen LogP contribution in [0.3, 0.4) is 0 Å². The van der Waals surface area contributed by atoms with Gasteiger partial charge in [0.15, 0.2) is 6.10 Å². The van der Waals surface area contributed by atoms with Gasteiger partial charge in [-0.3, -0.25) is 4.79 Å². The minimum Gasteiger partial charge on any atom is -0.449 e. The summed E-state index contributed by atoms with van der Waals surface area (Å²) >= 11 is 5.82. The first-order valence-electron chi connectivity index (χ1n) is 7.97. The molecule has 0 unspecified atom stereocenters. The van der Waals surface area contributed by atoms with Gasteiger partial charge in [-0.25, -0.2) is 4.79 Å². The van der Waals surface area contributed by atoms with E-state index >= 15 is 0 Å². The summed E-state index contributed by atoms with van der Waals surface area (Å²) in [5, 5.41) is 3.15. The summed E-state index contributed by atoms with van der Waals surface area (Å²) in [6.45, 7) is 4.00. The number of esters is 1. The van der Waals surface area contributed by atoms with Crippen LogP contribution >= 0.6 is 11.6 Å². The average Bonchev–Trinajstić information content (AvgIpc) is 2.62. The van der Waals surface area contributed by atoms with Gasteiger partial charge in [0.25, 0.3) is 5.91 Å². The van der Waals surface area contributed by atoms with Crippen LogP contribution in [0.4, 0.5) is 5.69 Å². The number of nitrogens with one attached hydrogen (secondary N) is 1. The van der Waals surface area contributed by atoms with Crippen LogP contribution in [-0.2, 0) is 9.53 Å². The highest BCUT2D eigenvalue weighted by Gasteiger charge is 2.20. The van der Waals surface area contributed by atoms with Crippen molar-refractivity contribution in [3.63, 3.8) is 0 Å². The molecule has 0 aliphatic rings. The monoisotopic (exact) mass is 360 g/mol. The molecule has 3 N–H and O–H groups in total. The van der Waals surface area contributed by atoms with Crippen molar-refractivity contribution in [2.75, 3.05) is 12.3 Å². The van der Waals surface area contributed by atoms with Gasteiger partial charge in [0, 0.05) is 6.54 Å². The predicted molar refractivity (Wildman–Crippen MR) is 98.6 cm³/mol. The van der Waals surface area contributed by atoms with Gasteiger partial charge < -0.3 is 15.8 Å². The summed E-state index contributed by atoms with van der Waals surface area (Å²) in [6, 6.07) is 14.3. The Bertz CT molecular complexity index is 750. The SMILES string of the molecule is C[C@H](OC(=O)c1ccc(Cl)c(N)c1)C(=O)NC[C@H](C)c1ccccc1. The van der Waals surface area contributed by atoms with E-state index in [1.54, 1.807) is 0 Å². The average molecular weight is 361 g/mol. The third-order valence-corrected chi connectivity index (χ3v) is 4.18. The topological polar surface area (TPSA) is 81.4 Å². The lowest BCUT2D eigenvalue weighted by Crippen LogP contribution is -2.37. The van der Waals surface area contributed by atoms with Gasteiger partial charge in [-0.1, -0.05) is 48.9 Å². The Balaban J connectivity index is 1.87. The Morgan fingerprint density at radius 3 is 2.48 bits per heavy atom. The highest BCUT2D eigenvalue weighted by Crippen LogP contribution is 2.20. The van der Waals surface area contributed by atoms with Gasteiger partial charge in [0.2, 0.25) is 0 Å². The molecule has 25 heavy (non-hydrogen) atoms. The Morgan fingerprint density at radius 2 is 1.84 bits per heavy atom. The molecule has 5 nitrogen and oxygen atoms in total. The highest BCUT2D eigenvalue weighted by molar-refractivity contribution is 6.33. The summed E-state index contributed by atoms with van der Waals surface area (Å²) in [4.78, 5) is 24.2. The fraction of sp³-hybridized carbons (Fsp3) is 0.263. The maximum absolute atomic E-state index is 12.1. The number of nitrogen functional groups attached to an aromatic ring is 1. The zero-order chi connectivity index (χ0) is 18.4. The number of hydrogen-bond acceptors (Lipinski definition) is 4. The first kappa shape index (κ1) is 18.8. The Kier molecular flexibility index (Phi) is 6.42. The lowest BCUT2D eigenvalue weighted by Gasteiger charge is -2.17. The van der Waals surface area contributed by atoms with Gasteiger partial charge in [-0.2, -0.15) is 0 Å². The number of benzene rings is 2. The van der Waals surface area contributed by atoms with Gasteiger partial charge in [0.05, 0.1) is 16.3 Å². The molecule has 0 aliphatic carbocycles. The summed E-state index contributed by atoms with van der Waals surface area (Å²) < 4.78 is 5.18. The highest BCUT2D eigenvalue weighted by atomic mass is 35.5. The molecule has 2 aromatic carbocycles. The van der Waals surface area contributed by atoms with Crippen molar-refractivity contribution in [2.24, 2.45) is 0 Å². The second kappa shape index (κ2) is 8.53. The van der Waals surface area contributed by atoms with Crippen molar-refractivity contribution in [1.82, 2.24) is 5.32 Å². The molecule has 0 aromatic heterocycles. The molecule has 0 fully saturated rings. The van der Waals surface area contributed by atoms with Crippen LogP contribution in [0.1, 0.15) is 35.7 Å². The minimum atomic E-state index is -0.910. The second-order valence-electron chi connectivity index (χ2n) is 5.84. The van der Waals surface area contributed by atoms with E-state index in [1.165, 1.54) is 25.1 Å². The Labute approximate surface area is 152 Å². The third-order valence-electron chi connectivity index (χ3n) is 3.84. The standard InChI is InChI=1S/C19H21ClN2O3/c1-12(14-6-4-3-5-7-14)11-22-18(23)13(2)25-19(24)15-8-9-16(20)17(21)10-15/h3-10,12-13H,11,21H2,1-2H3,(H,22,23)/t12-,13-/m0/s1. The predicted octanol–water partition coefficient (Wildman–Crippen LogP) is 3.39. The molecule has 0 radical (unpaired) electrons. The fourth-order valence-electron chi connectivity index (χ4n) is 2.25. The van der Waals surface area contributed by atoms with Gasteiger partial charge >= 0.3 is 5.97 Å². The summed E-state index contributed by atoms with van der Waals surface area (Å²) in [5.74, 6) is -0.815. The van der Waals surface area contributed by atoms with Crippen LogP contribution in [-0.4, -0.2) is 24.5 Å². The van der Waals surface area contributed by atoms with E-state index in [4.69, 9.17) is 22.1 Å². The third kappa shape index (κ3) is 5.22. The second-order valence-corrected chi connectivity index (χ2v) is 6.25. The molecule has 132 valence electrons. The number of anilines is 1. The van der Waals surface area contributed by atoms with Crippen molar-refractivity contribution in [3.8, 4) is 0 Å². The van der Waals surface area contributed by atoms with E-state index < -0.39 is 12.1 Å². The molecule has 2 rings (SSSR count). The number of halogens is 1. The molecular weight excluding hydrogens is 340 g/mol.